The van der Waals surface area contributed by atoms with E-state index in [1.165, 1.54) is 43.4 Å². The molecule has 1 aromatic rings. The van der Waals surface area contributed by atoms with E-state index in [2.05, 4.69) is 4.98 Å². The minimum Gasteiger partial charge on any atom is -0.465 e. The van der Waals surface area contributed by atoms with Crippen molar-refractivity contribution in [2.24, 2.45) is 23.2 Å². The van der Waals surface area contributed by atoms with Crippen LogP contribution in [0.3, 0.4) is 0 Å². The quantitative estimate of drug-likeness (QED) is 0.766. The maximum atomic E-state index is 12.3. The minimum absolute atomic E-state index is 0.0316. The average Bonchev–Trinajstić information content (AvgIpc) is 2.82. The Morgan fingerprint density at radius 3 is 2.45 bits per heavy atom. The second kappa shape index (κ2) is 5.63. The van der Waals surface area contributed by atoms with Crippen molar-refractivity contribution >= 4 is 17.3 Å². The molecule has 1 aromatic heterocycles. The van der Waals surface area contributed by atoms with Crippen molar-refractivity contribution in [1.82, 2.24) is 4.98 Å². The van der Waals surface area contributed by atoms with E-state index < -0.39 is 0 Å². The van der Waals surface area contributed by atoms with Crippen LogP contribution in [-0.2, 0) is 16.0 Å². The standard InChI is InChI=1S/C18H25NO2S/c1-12-16(22-11-19-12)2-3-21-17(20)10-18-7-13-4-14(8-18)6-15(5-13)9-18/h11,13-15H,2-10H2,1H3. The number of hydrogen-bond donors (Lipinski definition) is 0. The van der Waals surface area contributed by atoms with Gasteiger partial charge in [-0.1, -0.05) is 0 Å². The molecule has 22 heavy (non-hydrogen) atoms. The number of ether oxygens (including phenoxy) is 1. The van der Waals surface area contributed by atoms with Gasteiger partial charge in [-0.2, -0.15) is 0 Å². The summed E-state index contributed by atoms with van der Waals surface area (Å²) in [6, 6.07) is 0. The lowest BCUT2D eigenvalue weighted by atomic mass is 9.49. The molecule has 0 saturated heterocycles. The number of aromatic nitrogens is 1. The summed E-state index contributed by atoms with van der Waals surface area (Å²) < 4.78 is 5.55. The van der Waals surface area contributed by atoms with Gasteiger partial charge in [0.25, 0.3) is 0 Å². The Hall–Kier alpha value is -0.900. The fraction of sp³-hybridized carbons (Fsp3) is 0.778. The third kappa shape index (κ3) is 2.82. The first-order chi connectivity index (χ1) is 10.6. The van der Waals surface area contributed by atoms with E-state index in [9.17, 15) is 4.79 Å². The largest absolute Gasteiger partial charge is 0.465 e. The summed E-state index contributed by atoms with van der Waals surface area (Å²) in [6.07, 6.45) is 9.60. The summed E-state index contributed by atoms with van der Waals surface area (Å²) in [7, 11) is 0. The molecule has 4 saturated carbocycles. The highest BCUT2D eigenvalue weighted by atomic mass is 32.1. The van der Waals surface area contributed by atoms with Crippen molar-refractivity contribution < 1.29 is 9.53 Å². The summed E-state index contributed by atoms with van der Waals surface area (Å²) >= 11 is 1.65. The first-order valence-corrected chi connectivity index (χ1v) is 9.54. The smallest absolute Gasteiger partial charge is 0.306 e. The summed E-state index contributed by atoms with van der Waals surface area (Å²) in [5.74, 6) is 2.74. The van der Waals surface area contributed by atoms with Gasteiger partial charge in [0.1, 0.15) is 0 Å². The van der Waals surface area contributed by atoms with Gasteiger partial charge in [0, 0.05) is 11.3 Å². The van der Waals surface area contributed by atoms with Crippen LogP contribution in [0.2, 0.25) is 0 Å². The molecule has 0 amide bonds. The van der Waals surface area contributed by atoms with Crippen molar-refractivity contribution in [1.29, 1.82) is 0 Å². The lowest BCUT2D eigenvalue weighted by Gasteiger charge is -2.56. The molecule has 4 fully saturated rings. The molecule has 0 aliphatic heterocycles. The number of aryl methyl sites for hydroxylation is 1. The molecule has 3 nitrogen and oxygen atoms in total. The number of rotatable bonds is 5. The van der Waals surface area contributed by atoms with Gasteiger partial charge < -0.3 is 4.74 Å². The van der Waals surface area contributed by atoms with Gasteiger partial charge in [-0.3, -0.25) is 4.79 Å². The molecule has 4 aliphatic rings. The zero-order valence-electron chi connectivity index (χ0n) is 13.3. The minimum atomic E-state index is 0.0316. The van der Waals surface area contributed by atoms with Crippen LogP contribution >= 0.6 is 11.3 Å². The normalized spacial score (nSPS) is 35.8. The molecule has 4 bridgehead atoms. The maximum Gasteiger partial charge on any atom is 0.306 e. The Bertz CT molecular complexity index is 530. The molecule has 0 radical (unpaired) electrons. The fourth-order valence-electron chi connectivity index (χ4n) is 5.69. The van der Waals surface area contributed by atoms with Crippen molar-refractivity contribution in [3.05, 3.63) is 16.1 Å². The molecule has 1 heterocycles. The third-order valence-corrected chi connectivity index (χ3v) is 7.12. The van der Waals surface area contributed by atoms with Gasteiger partial charge in [-0.15, -0.1) is 11.3 Å². The molecule has 120 valence electrons. The van der Waals surface area contributed by atoms with Crippen LogP contribution < -0.4 is 0 Å². The highest BCUT2D eigenvalue weighted by Crippen LogP contribution is 2.61. The molecule has 0 aromatic carbocycles. The zero-order valence-corrected chi connectivity index (χ0v) is 14.2. The average molecular weight is 319 g/mol. The van der Waals surface area contributed by atoms with Crippen molar-refractivity contribution in [3.8, 4) is 0 Å². The van der Waals surface area contributed by atoms with Crippen molar-refractivity contribution in [2.75, 3.05) is 6.61 Å². The molecular formula is C18H25NO2S. The van der Waals surface area contributed by atoms with Crippen molar-refractivity contribution in [3.63, 3.8) is 0 Å². The van der Waals surface area contributed by atoms with Crippen LogP contribution in [-0.4, -0.2) is 17.6 Å². The summed E-state index contributed by atoms with van der Waals surface area (Å²) in [4.78, 5) is 17.8. The predicted molar refractivity (Wildman–Crippen MR) is 86.7 cm³/mol. The van der Waals surface area contributed by atoms with Crippen molar-refractivity contribution in [2.45, 2.75) is 58.3 Å². The van der Waals surface area contributed by atoms with Gasteiger partial charge in [-0.25, -0.2) is 4.98 Å². The molecule has 0 atom stereocenters. The third-order valence-electron chi connectivity index (χ3n) is 6.12. The lowest BCUT2D eigenvalue weighted by Crippen LogP contribution is -2.47. The molecular weight excluding hydrogens is 294 g/mol. The van der Waals surface area contributed by atoms with E-state index in [0.29, 0.717) is 18.4 Å². The van der Waals surface area contributed by atoms with Gasteiger partial charge in [0.15, 0.2) is 0 Å². The number of esters is 1. The SMILES string of the molecule is Cc1ncsc1CCOC(=O)CC12CC3CC(CC(C3)C1)C2. The monoisotopic (exact) mass is 319 g/mol. The molecule has 0 unspecified atom stereocenters. The summed E-state index contributed by atoms with van der Waals surface area (Å²) in [5, 5.41) is 0. The second-order valence-corrected chi connectivity index (χ2v) is 8.87. The first kappa shape index (κ1) is 14.7. The highest BCUT2D eigenvalue weighted by molar-refractivity contribution is 7.09. The van der Waals surface area contributed by atoms with Crippen LogP contribution in [0.5, 0.6) is 0 Å². The van der Waals surface area contributed by atoms with E-state index in [0.717, 1.165) is 29.9 Å². The Kier molecular flexibility index (Phi) is 3.75. The zero-order chi connectivity index (χ0) is 15.2. The number of carbonyl (C=O) groups excluding carboxylic acids is 1. The van der Waals surface area contributed by atoms with Crippen LogP contribution in [0.25, 0.3) is 0 Å². The Morgan fingerprint density at radius 2 is 1.91 bits per heavy atom. The summed E-state index contributed by atoms with van der Waals surface area (Å²) in [6.45, 7) is 2.53. The summed E-state index contributed by atoms with van der Waals surface area (Å²) in [5.41, 5.74) is 3.23. The number of carbonyl (C=O) groups is 1. The highest BCUT2D eigenvalue weighted by Gasteiger charge is 2.51. The number of thiazole rings is 1. The van der Waals surface area contributed by atoms with Gasteiger partial charge in [0.2, 0.25) is 0 Å². The number of hydrogen-bond acceptors (Lipinski definition) is 4. The Morgan fingerprint density at radius 1 is 1.27 bits per heavy atom. The van der Waals surface area contributed by atoms with E-state index >= 15 is 0 Å². The first-order valence-electron chi connectivity index (χ1n) is 8.66. The van der Waals surface area contributed by atoms with E-state index in [-0.39, 0.29) is 5.97 Å². The fourth-order valence-corrected chi connectivity index (χ4v) is 6.45. The predicted octanol–water partition coefficient (Wildman–Crippen LogP) is 4.14. The Balaban J connectivity index is 1.30. The van der Waals surface area contributed by atoms with Crippen LogP contribution in [0, 0.1) is 30.1 Å². The van der Waals surface area contributed by atoms with E-state index in [1.54, 1.807) is 11.3 Å². The topological polar surface area (TPSA) is 39.2 Å². The maximum absolute atomic E-state index is 12.3. The van der Waals surface area contributed by atoms with E-state index in [4.69, 9.17) is 4.74 Å². The molecule has 4 aliphatic carbocycles. The number of nitrogens with zero attached hydrogens (tertiary/aromatic N) is 1. The van der Waals surface area contributed by atoms with Crippen LogP contribution in [0.15, 0.2) is 5.51 Å². The molecule has 0 N–H and O–H groups in total. The van der Waals surface area contributed by atoms with Gasteiger partial charge >= 0.3 is 5.97 Å². The molecule has 0 spiro atoms. The second-order valence-electron chi connectivity index (χ2n) is 7.93. The van der Waals surface area contributed by atoms with Gasteiger partial charge in [-0.05, 0) is 68.6 Å². The lowest BCUT2D eigenvalue weighted by molar-refractivity contribution is -0.151. The molecule has 5 rings (SSSR count). The molecule has 4 heteroatoms. The Labute approximate surface area is 136 Å². The van der Waals surface area contributed by atoms with Crippen LogP contribution in [0.1, 0.15) is 55.5 Å². The van der Waals surface area contributed by atoms with Gasteiger partial charge in [0.05, 0.1) is 24.2 Å². The van der Waals surface area contributed by atoms with Crippen LogP contribution in [0.4, 0.5) is 0 Å². The van der Waals surface area contributed by atoms with E-state index in [1.807, 2.05) is 12.4 Å².